The summed E-state index contributed by atoms with van der Waals surface area (Å²) in [5.41, 5.74) is 1.76. The summed E-state index contributed by atoms with van der Waals surface area (Å²) in [6, 6.07) is 11.7. The Balaban J connectivity index is 1.60. The zero-order chi connectivity index (χ0) is 33.0. The molecule has 5 aromatic rings. The van der Waals surface area contributed by atoms with E-state index in [1.54, 1.807) is 35.2 Å². The number of aromatic nitrogens is 4. The molecule has 0 unspecified atom stereocenters. The summed E-state index contributed by atoms with van der Waals surface area (Å²) in [6.07, 6.45) is -2.89. The molecule has 242 valence electrons. The van der Waals surface area contributed by atoms with Crippen LogP contribution in [0, 0.1) is 0 Å². The number of alkyl halides is 3. The van der Waals surface area contributed by atoms with Crippen LogP contribution in [0.25, 0.3) is 11.2 Å². The highest BCUT2D eigenvalue weighted by atomic mass is 19.4. The Morgan fingerprint density at radius 1 is 0.674 bits per heavy atom. The van der Waals surface area contributed by atoms with Crippen molar-refractivity contribution < 1.29 is 41.6 Å². The van der Waals surface area contributed by atoms with Crippen molar-refractivity contribution in [3.63, 3.8) is 0 Å². The molecule has 0 spiro atoms. The molecule has 0 amide bonds. The van der Waals surface area contributed by atoms with Gasteiger partial charge in [0.15, 0.2) is 40.0 Å². The molecule has 0 saturated heterocycles. The van der Waals surface area contributed by atoms with Crippen LogP contribution >= 0.6 is 0 Å². The second kappa shape index (κ2) is 13.2. The van der Waals surface area contributed by atoms with E-state index in [1.807, 2.05) is 0 Å². The molecule has 0 aliphatic rings. The van der Waals surface area contributed by atoms with Crippen LogP contribution in [0.5, 0.6) is 34.5 Å². The van der Waals surface area contributed by atoms with Gasteiger partial charge in [-0.15, -0.1) is 0 Å². The van der Waals surface area contributed by atoms with Crippen molar-refractivity contribution in [2.75, 3.05) is 53.3 Å². The first-order valence-electron chi connectivity index (χ1n) is 13.6. The molecule has 3 aromatic carbocycles. The average Bonchev–Trinajstić information content (AvgIpc) is 3.45. The Labute approximate surface area is 262 Å². The first-order valence-corrected chi connectivity index (χ1v) is 13.6. The van der Waals surface area contributed by atoms with E-state index < -0.39 is 11.7 Å². The van der Waals surface area contributed by atoms with E-state index in [0.29, 0.717) is 68.4 Å². The summed E-state index contributed by atoms with van der Waals surface area (Å²) >= 11 is 0. The molecular formula is C31H31F3N6O6. The minimum absolute atomic E-state index is 0.172. The summed E-state index contributed by atoms with van der Waals surface area (Å²) in [6.45, 7) is 0.193. The first-order chi connectivity index (χ1) is 22.1. The molecule has 12 nitrogen and oxygen atoms in total. The van der Waals surface area contributed by atoms with Crippen molar-refractivity contribution in [1.82, 2.24) is 19.5 Å². The van der Waals surface area contributed by atoms with Crippen LogP contribution in [-0.2, 0) is 12.7 Å². The molecule has 2 heterocycles. The largest absolute Gasteiger partial charge is 0.493 e. The second-order valence-corrected chi connectivity index (χ2v) is 9.71. The van der Waals surface area contributed by atoms with Gasteiger partial charge in [0.05, 0.1) is 61.1 Å². The van der Waals surface area contributed by atoms with Crippen molar-refractivity contribution in [3.8, 4) is 34.5 Å². The lowest BCUT2D eigenvalue weighted by Crippen LogP contribution is -2.07. The molecule has 15 heteroatoms. The number of ether oxygens (including phenoxy) is 6. The number of hydrogen-bond donors (Lipinski definition) is 2. The quantitative estimate of drug-likeness (QED) is 0.157. The standard InChI is InChI=1S/C31H31F3N6O6/c1-41-21-11-19(12-22(42-2)26(21)45-5)36-28-25-29(40(16-35-25)15-17-7-9-18(10-8-17)31(32,33)34)39-30(38-28)37-20-13-23(43-3)27(46-6)24(14-20)44-4/h7-14,16H,15H2,1-6H3,(H2,36,37,38,39). The summed E-state index contributed by atoms with van der Waals surface area (Å²) in [5, 5.41) is 6.44. The number of hydrogen-bond acceptors (Lipinski definition) is 11. The van der Waals surface area contributed by atoms with Gasteiger partial charge in [0.1, 0.15) is 0 Å². The molecule has 2 aromatic heterocycles. The van der Waals surface area contributed by atoms with Gasteiger partial charge >= 0.3 is 6.18 Å². The molecule has 0 saturated carbocycles. The molecule has 46 heavy (non-hydrogen) atoms. The Bertz CT molecular complexity index is 1800. The third-order valence-corrected chi connectivity index (χ3v) is 6.95. The van der Waals surface area contributed by atoms with Gasteiger partial charge in [0.2, 0.25) is 17.4 Å². The van der Waals surface area contributed by atoms with E-state index in [2.05, 4.69) is 15.6 Å². The lowest BCUT2D eigenvalue weighted by molar-refractivity contribution is -0.137. The minimum atomic E-state index is -4.44. The van der Waals surface area contributed by atoms with Gasteiger partial charge in [-0.3, -0.25) is 0 Å². The van der Waals surface area contributed by atoms with Gasteiger partial charge in [-0.25, -0.2) is 4.98 Å². The molecule has 2 N–H and O–H groups in total. The molecule has 0 fully saturated rings. The van der Waals surface area contributed by atoms with E-state index in [0.717, 1.165) is 12.1 Å². The lowest BCUT2D eigenvalue weighted by Gasteiger charge is -2.16. The SMILES string of the molecule is COc1cc(Nc2nc(Nc3cc(OC)c(OC)c(OC)c3)c3ncn(Cc4ccc(C(F)(F)F)cc4)c3n2)cc(OC)c1OC. The van der Waals surface area contributed by atoms with E-state index in [9.17, 15) is 13.2 Å². The molecule has 0 aliphatic carbocycles. The van der Waals surface area contributed by atoms with Gasteiger partial charge in [-0.2, -0.15) is 23.1 Å². The molecule has 0 bridgehead atoms. The van der Waals surface area contributed by atoms with Crippen LogP contribution in [0.4, 0.5) is 36.3 Å². The highest BCUT2D eigenvalue weighted by Crippen LogP contribution is 2.42. The maximum atomic E-state index is 13.1. The fraction of sp³-hybridized carbons (Fsp3) is 0.258. The number of fused-ring (bicyclic) bond motifs is 1. The maximum absolute atomic E-state index is 13.1. The molecular weight excluding hydrogens is 609 g/mol. The van der Waals surface area contributed by atoms with Gasteiger partial charge < -0.3 is 43.6 Å². The van der Waals surface area contributed by atoms with Crippen molar-refractivity contribution in [1.29, 1.82) is 0 Å². The smallest absolute Gasteiger partial charge is 0.416 e. The van der Waals surface area contributed by atoms with Crippen LogP contribution in [0.3, 0.4) is 0 Å². The Morgan fingerprint density at radius 3 is 1.63 bits per heavy atom. The highest BCUT2D eigenvalue weighted by molar-refractivity contribution is 5.87. The van der Waals surface area contributed by atoms with Gasteiger partial charge in [0.25, 0.3) is 0 Å². The van der Waals surface area contributed by atoms with Crippen molar-refractivity contribution >= 4 is 34.3 Å². The number of nitrogens with one attached hydrogen (secondary N) is 2. The zero-order valence-corrected chi connectivity index (χ0v) is 25.8. The number of halogens is 3. The van der Waals surface area contributed by atoms with Crippen LogP contribution < -0.4 is 39.1 Å². The first kappa shape index (κ1) is 31.8. The van der Waals surface area contributed by atoms with Crippen molar-refractivity contribution in [2.24, 2.45) is 0 Å². The number of methoxy groups -OCH3 is 6. The predicted octanol–water partition coefficient (Wildman–Crippen LogP) is 6.43. The lowest BCUT2D eigenvalue weighted by atomic mass is 10.1. The van der Waals surface area contributed by atoms with E-state index in [4.69, 9.17) is 38.4 Å². The molecule has 0 aliphatic heterocycles. The topological polar surface area (TPSA) is 123 Å². The van der Waals surface area contributed by atoms with E-state index >= 15 is 0 Å². The Morgan fingerprint density at radius 2 is 1.17 bits per heavy atom. The summed E-state index contributed by atoms with van der Waals surface area (Å²) < 4.78 is 73.9. The van der Waals surface area contributed by atoms with Crippen LogP contribution in [-0.4, -0.2) is 62.2 Å². The average molecular weight is 641 g/mol. The van der Waals surface area contributed by atoms with Crippen LogP contribution in [0.15, 0.2) is 54.9 Å². The monoisotopic (exact) mass is 640 g/mol. The normalized spacial score (nSPS) is 11.2. The summed E-state index contributed by atoms with van der Waals surface area (Å²) in [4.78, 5) is 13.9. The zero-order valence-electron chi connectivity index (χ0n) is 25.8. The number of benzene rings is 3. The molecule has 0 radical (unpaired) electrons. The third kappa shape index (κ3) is 6.43. The molecule has 5 rings (SSSR count). The van der Waals surface area contributed by atoms with Gasteiger partial charge in [-0.1, -0.05) is 12.1 Å². The second-order valence-electron chi connectivity index (χ2n) is 9.71. The summed E-state index contributed by atoms with van der Waals surface area (Å²) in [5.74, 6) is 2.96. The Kier molecular flexibility index (Phi) is 9.11. The van der Waals surface area contributed by atoms with Crippen molar-refractivity contribution in [3.05, 3.63) is 66.0 Å². The number of anilines is 4. The highest BCUT2D eigenvalue weighted by Gasteiger charge is 2.30. The fourth-order valence-electron chi connectivity index (χ4n) is 4.77. The van der Waals surface area contributed by atoms with E-state index in [1.165, 1.54) is 54.8 Å². The number of nitrogens with zero attached hydrogens (tertiary/aromatic N) is 4. The predicted molar refractivity (Wildman–Crippen MR) is 165 cm³/mol. The van der Waals surface area contributed by atoms with Gasteiger partial charge in [0, 0.05) is 35.6 Å². The molecule has 0 atom stereocenters. The minimum Gasteiger partial charge on any atom is -0.493 e. The fourth-order valence-corrected chi connectivity index (χ4v) is 4.77. The summed E-state index contributed by atoms with van der Waals surface area (Å²) in [7, 11) is 9.03. The Hall–Kier alpha value is -5.60. The number of rotatable bonds is 12. The van der Waals surface area contributed by atoms with Gasteiger partial charge in [-0.05, 0) is 17.7 Å². The van der Waals surface area contributed by atoms with Crippen LogP contribution in [0.2, 0.25) is 0 Å². The van der Waals surface area contributed by atoms with Crippen molar-refractivity contribution in [2.45, 2.75) is 12.7 Å². The van der Waals surface area contributed by atoms with E-state index in [-0.39, 0.29) is 12.5 Å². The third-order valence-electron chi connectivity index (χ3n) is 6.95. The maximum Gasteiger partial charge on any atom is 0.416 e. The number of imidazole rings is 1. The van der Waals surface area contributed by atoms with Crippen LogP contribution in [0.1, 0.15) is 11.1 Å².